The number of nitro benzene ring substituents is 1. The molecule has 3 aromatic carbocycles. The number of rotatable bonds is 8. The lowest BCUT2D eigenvalue weighted by Crippen LogP contribution is -2.67. The summed E-state index contributed by atoms with van der Waals surface area (Å²) in [6.07, 6.45) is 1.93. The van der Waals surface area contributed by atoms with Crippen LogP contribution in [-0.4, -0.2) is 18.2 Å². The van der Waals surface area contributed by atoms with Crippen molar-refractivity contribution < 1.29 is 19.4 Å². The minimum atomic E-state index is -0.422. The van der Waals surface area contributed by atoms with Gasteiger partial charge in [0.2, 0.25) is 0 Å². The number of benzene rings is 3. The summed E-state index contributed by atoms with van der Waals surface area (Å²) in [5.41, 5.74) is 3.07. The summed E-state index contributed by atoms with van der Waals surface area (Å²) in [4.78, 5) is 13.6. The first-order chi connectivity index (χ1) is 13.7. The second kappa shape index (κ2) is 9.32. The predicted molar refractivity (Wildman–Crippen MR) is 107 cm³/mol. The number of nitrogens with zero attached hydrogens (tertiary/aromatic N) is 1. The number of hydrogen-bond donors (Lipinski definition) is 1. The van der Waals surface area contributed by atoms with Gasteiger partial charge in [-0.15, -0.1) is 0 Å². The van der Waals surface area contributed by atoms with E-state index in [1.807, 2.05) is 42.6 Å². The number of non-ortho nitro benzene ring substituents is 1. The molecule has 0 spiro atoms. The van der Waals surface area contributed by atoms with E-state index < -0.39 is 4.92 Å². The smallest absolute Gasteiger partial charge is 0.269 e. The van der Waals surface area contributed by atoms with Gasteiger partial charge in [-0.1, -0.05) is 30.3 Å². The molecule has 0 saturated heterocycles. The molecule has 0 bridgehead atoms. The molecule has 0 heterocycles. The second-order valence-corrected chi connectivity index (χ2v) is 6.13. The molecule has 0 amide bonds. The fourth-order valence-corrected chi connectivity index (χ4v) is 2.65. The number of hydrogen-bond acceptors (Lipinski definition) is 4. The molecule has 0 aliphatic rings. The SMILES string of the molecule is COc1cc(C=[NH+]Cc2ccccc2)ccc1OCc1ccc([N+](=O)[O-])cc1. The monoisotopic (exact) mass is 377 g/mol. The Morgan fingerprint density at radius 3 is 2.39 bits per heavy atom. The Morgan fingerprint density at radius 2 is 1.71 bits per heavy atom. The van der Waals surface area contributed by atoms with Crippen molar-refractivity contribution in [2.24, 2.45) is 0 Å². The van der Waals surface area contributed by atoms with E-state index in [-0.39, 0.29) is 5.69 Å². The Bertz CT molecular complexity index is 954. The number of nitro groups is 1. The quantitative estimate of drug-likeness (QED) is 0.372. The van der Waals surface area contributed by atoms with Crippen molar-refractivity contribution in [2.45, 2.75) is 13.2 Å². The van der Waals surface area contributed by atoms with Crippen LogP contribution in [0, 0.1) is 10.1 Å². The molecule has 0 aromatic heterocycles. The van der Waals surface area contributed by atoms with Crippen LogP contribution in [0.5, 0.6) is 11.5 Å². The van der Waals surface area contributed by atoms with Crippen LogP contribution in [0.2, 0.25) is 0 Å². The summed E-state index contributed by atoms with van der Waals surface area (Å²) in [6, 6.07) is 22.1. The first-order valence-electron chi connectivity index (χ1n) is 8.80. The third-order valence-corrected chi connectivity index (χ3v) is 4.15. The zero-order chi connectivity index (χ0) is 19.8. The zero-order valence-electron chi connectivity index (χ0n) is 15.5. The molecule has 0 saturated carbocycles. The molecule has 3 rings (SSSR count). The Kier molecular flexibility index (Phi) is 6.36. The fraction of sp³-hybridized carbons (Fsp3) is 0.136. The van der Waals surface area contributed by atoms with Crippen LogP contribution >= 0.6 is 0 Å². The molecule has 6 heteroatoms. The molecular weight excluding hydrogens is 356 g/mol. The van der Waals surface area contributed by atoms with Crippen LogP contribution in [0.4, 0.5) is 5.69 Å². The third-order valence-electron chi connectivity index (χ3n) is 4.15. The number of nitrogens with one attached hydrogen (secondary N) is 1. The highest BCUT2D eigenvalue weighted by atomic mass is 16.6. The minimum absolute atomic E-state index is 0.0595. The first kappa shape index (κ1) is 19.1. The Labute approximate surface area is 163 Å². The van der Waals surface area contributed by atoms with Gasteiger partial charge in [0.05, 0.1) is 12.0 Å². The van der Waals surface area contributed by atoms with Gasteiger partial charge in [0, 0.05) is 23.3 Å². The van der Waals surface area contributed by atoms with Crippen LogP contribution in [-0.2, 0) is 13.2 Å². The molecule has 3 aromatic rings. The second-order valence-electron chi connectivity index (χ2n) is 6.13. The molecule has 1 N–H and O–H groups in total. The molecule has 0 fully saturated rings. The highest BCUT2D eigenvalue weighted by molar-refractivity contribution is 5.76. The molecule has 0 radical (unpaired) electrons. The predicted octanol–water partition coefficient (Wildman–Crippen LogP) is 2.88. The number of ether oxygens (including phenoxy) is 2. The molecule has 28 heavy (non-hydrogen) atoms. The summed E-state index contributed by atoms with van der Waals surface area (Å²) in [5, 5.41) is 10.7. The van der Waals surface area contributed by atoms with E-state index in [4.69, 9.17) is 9.47 Å². The van der Waals surface area contributed by atoms with Gasteiger partial charge in [-0.05, 0) is 35.9 Å². The maximum atomic E-state index is 10.7. The van der Waals surface area contributed by atoms with E-state index in [2.05, 4.69) is 17.1 Å². The highest BCUT2D eigenvalue weighted by Crippen LogP contribution is 2.28. The largest absolute Gasteiger partial charge is 0.493 e. The molecule has 0 aliphatic carbocycles. The third kappa shape index (κ3) is 5.17. The number of methoxy groups -OCH3 is 1. The van der Waals surface area contributed by atoms with Crippen LogP contribution < -0.4 is 14.5 Å². The van der Waals surface area contributed by atoms with Gasteiger partial charge in [0.25, 0.3) is 5.69 Å². The van der Waals surface area contributed by atoms with E-state index in [1.165, 1.54) is 17.7 Å². The van der Waals surface area contributed by atoms with Gasteiger partial charge < -0.3 is 9.47 Å². The highest BCUT2D eigenvalue weighted by Gasteiger charge is 2.08. The van der Waals surface area contributed by atoms with Crippen molar-refractivity contribution in [3.63, 3.8) is 0 Å². The molecule has 6 nitrogen and oxygen atoms in total. The normalized spacial score (nSPS) is 10.8. The van der Waals surface area contributed by atoms with Crippen molar-refractivity contribution in [1.82, 2.24) is 0 Å². The van der Waals surface area contributed by atoms with E-state index in [0.29, 0.717) is 18.1 Å². The van der Waals surface area contributed by atoms with E-state index in [1.54, 1.807) is 19.2 Å². The van der Waals surface area contributed by atoms with Gasteiger partial charge in [0.15, 0.2) is 24.3 Å². The Balaban J connectivity index is 1.63. The molecule has 0 unspecified atom stereocenters. The van der Waals surface area contributed by atoms with Crippen molar-refractivity contribution in [1.29, 1.82) is 0 Å². The first-order valence-corrected chi connectivity index (χ1v) is 8.80. The zero-order valence-corrected chi connectivity index (χ0v) is 15.5. The maximum absolute atomic E-state index is 10.7. The van der Waals surface area contributed by atoms with Crippen molar-refractivity contribution in [3.8, 4) is 11.5 Å². The van der Waals surface area contributed by atoms with Gasteiger partial charge >= 0.3 is 0 Å². The van der Waals surface area contributed by atoms with E-state index in [0.717, 1.165) is 17.7 Å². The fourth-order valence-electron chi connectivity index (χ4n) is 2.65. The molecular formula is C22H21N2O4+. The average Bonchev–Trinajstić information content (AvgIpc) is 2.73. The van der Waals surface area contributed by atoms with Gasteiger partial charge in [-0.3, -0.25) is 10.1 Å². The van der Waals surface area contributed by atoms with Crippen molar-refractivity contribution >= 4 is 11.9 Å². The maximum Gasteiger partial charge on any atom is 0.269 e. The Morgan fingerprint density at radius 1 is 0.964 bits per heavy atom. The summed E-state index contributed by atoms with van der Waals surface area (Å²) < 4.78 is 11.2. The summed E-state index contributed by atoms with van der Waals surface area (Å²) in [6.45, 7) is 1.03. The lowest BCUT2D eigenvalue weighted by Gasteiger charge is -2.11. The van der Waals surface area contributed by atoms with Crippen LogP contribution in [0.1, 0.15) is 16.7 Å². The molecule has 142 valence electrons. The van der Waals surface area contributed by atoms with E-state index in [9.17, 15) is 10.1 Å². The summed E-state index contributed by atoms with van der Waals surface area (Å²) in [7, 11) is 1.59. The average molecular weight is 377 g/mol. The lowest BCUT2D eigenvalue weighted by atomic mass is 10.2. The molecule has 0 aliphatic heterocycles. The lowest BCUT2D eigenvalue weighted by molar-refractivity contribution is -0.469. The molecule has 0 atom stereocenters. The van der Waals surface area contributed by atoms with Crippen LogP contribution in [0.15, 0.2) is 72.8 Å². The van der Waals surface area contributed by atoms with Gasteiger partial charge in [0.1, 0.15) is 6.61 Å². The van der Waals surface area contributed by atoms with Crippen LogP contribution in [0.3, 0.4) is 0 Å². The summed E-state index contributed by atoms with van der Waals surface area (Å²) >= 11 is 0. The summed E-state index contributed by atoms with van der Waals surface area (Å²) in [5.74, 6) is 1.23. The van der Waals surface area contributed by atoms with Gasteiger partial charge in [-0.2, -0.15) is 0 Å². The standard InChI is InChI=1S/C22H20N2O4/c1-27-22-13-19(15-23-14-17-5-3-2-4-6-17)9-12-21(22)28-16-18-7-10-20(11-8-18)24(25)26/h2-13,15H,14,16H2,1H3/p+1. The van der Waals surface area contributed by atoms with Crippen molar-refractivity contribution in [2.75, 3.05) is 7.11 Å². The minimum Gasteiger partial charge on any atom is -0.493 e. The van der Waals surface area contributed by atoms with E-state index >= 15 is 0 Å². The van der Waals surface area contributed by atoms with Crippen molar-refractivity contribution in [3.05, 3.63) is 99.6 Å². The van der Waals surface area contributed by atoms with Gasteiger partial charge in [-0.25, -0.2) is 4.99 Å². The Hall–Kier alpha value is -3.67. The van der Waals surface area contributed by atoms with Crippen LogP contribution in [0.25, 0.3) is 0 Å². The topological polar surface area (TPSA) is 75.6 Å².